The first-order valence-electron chi connectivity index (χ1n) is 13.3. The van der Waals surface area contributed by atoms with Crippen molar-refractivity contribution < 1.29 is 9.13 Å². The number of rotatable bonds is 8. The molecule has 2 fully saturated rings. The van der Waals surface area contributed by atoms with Crippen LogP contribution in [-0.2, 0) is 4.74 Å². The minimum Gasteiger partial charge on any atom is -0.378 e. The summed E-state index contributed by atoms with van der Waals surface area (Å²) in [5.74, 6) is 1.00. The summed E-state index contributed by atoms with van der Waals surface area (Å²) in [6.07, 6.45) is 6.27. The number of aromatic nitrogens is 3. The zero-order valence-electron chi connectivity index (χ0n) is 21.4. The number of hydrogen-bond acceptors (Lipinski definition) is 8. The van der Waals surface area contributed by atoms with Crippen LogP contribution in [0.3, 0.4) is 0 Å². The van der Waals surface area contributed by atoms with Crippen LogP contribution in [0.4, 0.5) is 27.5 Å². The molecular weight excluding hydrogens is 481 g/mol. The molecule has 0 aliphatic carbocycles. The number of pyridine rings is 1. The van der Waals surface area contributed by atoms with E-state index < -0.39 is 0 Å². The van der Waals surface area contributed by atoms with Crippen LogP contribution in [0.1, 0.15) is 12.8 Å². The van der Waals surface area contributed by atoms with Crippen molar-refractivity contribution in [3.8, 4) is 11.1 Å². The van der Waals surface area contributed by atoms with E-state index in [-0.39, 0.29) is 5.82 Å². The molecule has 2 N–H and O–H groups in total. The fraction of sp³-hybridized carbons (Fsp3) is 0.345. The van der Waals surface area contributed by atoms with Crippen LogP contribution >= 0.6 is 0 Å². The second-order valence-electron chi connectivity index (χ2n) is 9.74. The number of benzene rings is 2. The fourth-order valence-corrected chi connectivity index (χ4v) is 5.13. The second-order valence-corrected chi connectivity index (χ2v) is 9.74. The summed E-state index contributed by atoms with van der Waals surface area (Å²) in [5.41, 5.74) is 3.94. The number of nitrogens with zero attached hydrogens (tertiary/aromatic N) is 5. The maximum absolute atomic E-state index is 14.9. The van der Waals surface area contributed by atoms with E-state index >= 15 is 0 Å². The predicted octanol–water partition coefficient (Wildman–Crippen LogP) is 4.92. The van der Waals surface area contributed by atoms with Gasteiger partial charge in [-0.05, 0) is 56.3 Å². The van der Waals surface area contributed by atoms with Gasteiger partial charge in [-0.2, -0.15) is 0 Å². The van der Waals surface area contributed by atoms with Gasteiger partial charge < -0.3 is 25.2 Å². The van der Waals surface area contributed by atoms with E-state index in [4.69, 9.17) is 9.72 Å². The molecule has 0 amide bonds. The van der Waals surface area contributed by atoms with Gasteiger partial charge >= 0.3 is 0 Å². The summed E-state index contributed by atoms with van der Waals surface area (Å²) in [6.45, 7) is 6.91. The van der Waals surface area contributed by atoms with Gasteiger partial charge in [0.1, 0.15) is 11.6 Å². The van der Waals surface area contributed by atoms with Crippen molar-refractivity contribution in [2.75, 3.05) is 68.0 Å². The molecule has 2 saturated heterocycles. The van der Waals surface area contributed by atoms with Crippen LogP contribution in [0.2, 0.25) is 0 Å². The zero-order chi connectivity index (χ0) is 25.7. The third-order valence-electron chi connectivity index (χ3n) is 7.17. The molecule has 4 heterocycles. The fourth-order valence-electron chi connectivity index (χ4n) is 5.13. The number of hydrogen-bond donors (Lipinski definition) is 2. The van der Waals surface area contributed by atoms with Crippen molar-refractivity contribution >= 4 is 34.0 Å². The SMILES string of the molecule is Fc1cc(Nc2ncc3cccc(-c4ccc(NCCN5CCCC5)nc4)c3n2)ccc1N1CCOCC1. The zero-order valence-corrected chi connectivity index (χ0v) is 21.4. The van der Waals surface area contributed by atoms with E-state index in [9.17, 15) is 4.39 Å². The minimum atomic E-state index is -0.279. The molecule has 0 spiro atoms. The number of halogens is 1. The molecule has 2 aromatic heterocycles. The Kier molecular flexibility index (Phi) is 7.28. The maximum Gasteiger partial charge on any atom is 0.227 e. The Morgan fingerprint density at radius 3 is 2.58 bits per heavy atom. The van der Waals surface area contributed by atoms with Gasteiger partial charge in [0.05, 0.1) is 24.4 Å². The molecule has 2 aromatic carbocycles. The number of morpholine rings is 1. The van der Waals surface area contributed by atoms with Gasteiger partial charge in [-0.3, -0.25) is 0 Å². The van der Waals surface area contributed by atoms with E-state index in [2.05, 4.69) is 31.6 Å². The van der Waals surface area contributed by atoms with Gasteiger partial charge in [0.15, 0.2) is 0 Å². The monoisotopic (exact) mass is 513 g/mol. The molecule has 4 aromatic rings. The number of ether oxygens (including phenoxy) is 1. The van der Waals surface area contributed by atoms with Crippen LogP contribution in [0, 0.1) is 5.82 Å². The van der Waals surface area contributed by atoms with Gasteiger partial charge in [0, 0.05) is 60.8 Å². The van der Waals surface area contributed by atoms with E-state index in [0.717, 1.165) is 40.9 Å². The molecular formula is C29H32FN7O. The number of para-hydroxylation sites is 1. The molecule has 0 saturated carbocycles. The third kappa shape index (κ3) is 5.54. The Hall–Kier alpha value is -3.82. The average Bonchev–Trinajstić information content (AvgIpc) is 3.47. The largest absolute Gasteiger partial charge is 0.378 e. The van der Waals surface area contributed by atoms with E-state index in [0.29, 0.717) is 43.6 Å². The minimum absolute atomic E-state index is 0.279. The van der Waals surface area contributed by atoms with Gasteiger partial charge in [-0.25, -0.2) is 19.3 Å². The number of likely N-dealkylation sites (tertiary alicyclic amines) is 1. The first-order valence-corrected chi connectivity index (χ1v) is 13.3. The normalized spacial score (nSPS) is 16.2. The van der Waals surface area contributed by atoms with Crippen LogP contribution in [0.25, 0.3) is 22.0 Å². The maximum atomic E-state index is 14.9. The van der Waals surface area contributed by atoms with Crippen LogP contribution < -0.4 is 15.5 Å². The molecule has 196 valence electrons. The van der Waals surface area contributed by atoms with Crippen molar-refractivity contribution in [2.45, 2.75) is 12.8 Å². The lowest BCUT2D eigenvalue weighted by Crippen LogP contribution is -2.36. The van der Waals surface area contributed by atoms with Crippen LogP contribution in [0.5, 0.6) is 0 Å². The standard InChI is InChI=1S/C29H32FN7O/c30-25-18-23(7-8-26(25)37-14-16-38-17-15-37)34-29-33-20-22-4-3-5-24(28(22)35-29)21-6-9-27(32-19-21)31-10-13-36-11-1-2-12-36/h3-9,18-20H,1-2,10-17H2,(H,31,32)(H,33,34,35). The molecule has 9 heteroatoms. The summed E-state index contributed by atoms with van der Waals surface area (Å²) in [6, 6.07) is 15.2. The lowest BCUT2D eigenvalue weighted by molar-refractivity contribution is 0.122. The van der Waals surface area contributed by atoms with Crippen molar-refractivity contribution in [3.05, 3.63) is 66.7 Å². The highest BCUT2D eigenvalue weighted by atomic mass is 19.1. The molecule has 2 aliphatic rings. The highest BCUT2D eigenvalue weighted by molar-refractivity contribution is 5.93. The van der Waals surface area contributed by atoms with Gasteiger partial charge in [-0.1, -0.05) is 18.2 Å². The first kappa shape index (κ1) is 24.5. The summed E-state index contributed by atoms with van der Waals surface area (Å²) in [4.78, 5) is 18.4. The topological polar surface area (TPSA) is 78.4 Å². The summed E-state index contributed by atoms with van der Waals surface area (Å²) < 4.78 is 20.3. The highest BCUT2D eigenvalue weighted by Gasteiger charge is 2.16. The Bertz CT molecular complexity index is 1390. The number of fused-ring (bicyclic) bond motifs is 1. The van der Waals surface area contributed by atoms with Crippen molar-refractivity contribution in [1.82, 2.24) is 19.9 Å². The van der Waals surface area contributed by atoms with E-state index in [1.54, 1.807) is 12.3 Å². The van der Waals surface area contributed by atoms with Gasteiger partial charge in [0.2, 0.25) is 5.95 Å². The van der Waals surface area contributed by atoms with Crippen LogP contribution in [-0.4, -0.2) is 72.3 Å². The molecule has 6 rings (SSSR count). The lowest BCUT2D eigenvalue weighted by Gasteiger charge is -2.29. The molecule has 0 atom stereocenters. The van der Waals surface area contributed by atoms with E-state index in [1.807, 2.05) is 41.4 Å². The molecule has 38 heavy (non-hydrogen) atoms. The quantitative estimate of drug-likeness (QED) is 0.344. The smallest absolute Gasteiger partial charge is 0.227 e. The number of anilines is 4. The Balaban J connectivity index is 1.18. The molecule has 0 bridgehead atoms. The average molecular weight is 514 g/mol. The van der Waals surface area contributed by atoms with Crippen molar-refractivity contribution in [3.63, 3.8) is 0 Å². The second kappa shape index (κ2) is 11.3. The third-order valence-corrected chi connectivity index (χ3v) is 7.17. The summed E-state index contributed by atoms with van der Waals surface area (Å²) >= 11 is 0. The van der Waals surface area contributed by atoms with Gasteiger partial charge in [-0.15, -0.1) is 0 Å². The molecule has 0 unspecified atom stereocenters. The Labute approximate surface area is 221 Å². The predicted molar refractivity (Wildman–Crippen MR) is 150 cm³/mol. The molecule has 8 nitrogen and oxygen atoms in total. The van der Waals surface area contributed by atoms with Crippen molar-refractivity contribution in [2.24, 2.45) is 0 Å². The molecule has 2 aliphatic heterocycles. The van der Waals surface area contributed by atoms with Crippen molar-refractivity contribution in [1.29, 1.82) is 0 Å². The highest BCUT2D eigenvalue weighted by Crippen LogP contribution is 2.29. The Morgan fingerprint density at radius 2 is 1.79 bits per heavy atom. The van der Waals surface area contributed by atoms with Gasteiger partial charge in [0.25, 0.3) is 0 Å². The number of nitrogens with one attached hydrogen (secondary N) is 2. The van der Waals surface area contributed by atoms with Crippen LogP contribution in [0.15, 0.2) is 60.9 Å². The van der Waals surface area contributed by atoms with E-state index in [1.165, 1.54) is 32.0 Å². The Morgan fingerprint density at radius 1 is 0.921 bits per heavy atom. The summed E-state index contributed by atoms with van der Waals surface area (Å²) in [7, 11) is 0. The lowest BCUT2D eigenvalue weighted by atomic mass is 10.0. The first-order chi connectivity index (χ1) is 18.7. The summed E-state index contributed by atoms with van der Waals surface area (Å²) in [5, 5.41) is 7.52. The molecule has 0 radical (unpaired) electrons.